The van der Waals surface area contributed by atoms with Crippen LogP contribution in [-0.4, -0.2) is 25.0 Å². The molecule has 0 aromatic heterocycles. The van der Waals surface area contributed by atoms with E-state index in [1.54, 1.807) is 0 Å². The van der Waals surface area contributed by atoms with Gasteiger partial charge in [0.1, 0.15) is 0 Å². The van der Waals surface area contributed by atoms with Gasteiger partial charge in [-0.15, -0.1) is 24.8 Å². The number of rotatable bonds is 4. The van der Waals surface area contributed by atoms with Gasteiger partial charge in [0.15, 0.2) is 0 Å². The van der Waals surface area contributed by atoms with Gasteiger partial charge in [0.25, 0.3) is 0 Å². The van der Waals surface area contributed by atoms with E-state index in [2.05, 4.69) is 91.0 Å². The molecule has 3 aromatic carbocycles. The summed E-state index contributed by atoms with van der Waals surface area (Å²) < 4.78 is 0. The van der Waals surface area contributed by atoms with Crippen LogP contribution >= 0.6 is 24.8 Å². The molecule has 2 aliphatic rings. The van der Waals surface area contributed by atoms with Gasteiger partial charge in [-0.2, -0.15) is 0 Å². The second-order valence-electron chi connectivity index (χ2n) is 8.85. The zero-order valence-electron chi connectivity index (χ0n) is 17.8. The zero-order valence-corrected chi connectivity index (χ0v) is 19.4. The highest BCUT2D eigenvalue weighted by Crippen LogP contribution is 2.43. The number of halogens is 2. The molecule has 2 nitrogen and oxygen atoms in total. The van der Waals surface area contributed by atoms with Crippen LogP contribution in [0.15, 0.2) is 66.7 Å². The Labute approximate surface area is 192 Å². The predicted octanol–water partition coefficient (Wildman–Crippen LogP) is 6.27. The Bertz CT molecular complexity index is 973. The van der Waals surface area contributed by atoms with Crippen molar-refractivity contribution in [2.75, 3.05) is 14.1 Å². The Morgan fingerprint density at radius 3 is 2.17 bits per heavy atom. The monoisotopic (exact) mass is 442 g/mol. The highest BCUT2D eigenvalue weighted by molar-refractivity contribution is 5.91. The molecular formula is C26H32Cl2N2. The Kier molecular flexibility index (Phi) is 7.14. The minimum Gasteiger partial charge on any atom is -0.307 e. The van der Waals surface area contributed by atoms with E-state index in [0.717, 1.165) is 6.42 Å². The summed E-state index contributed by atoms with van der Waals surface area (Å²) in [5.41, 5.74) is 4.66. The lowest BCUT2D eigenvalue weighted by molar-refractivity contribution is 0.0834. The summed E-state index contributed by atoms with van der Waals surface area (Å²) in [5.74, 6) is 0. The van der Waals surface area contributed by atoms with E-state index in [-0.39, 0.29) is 30.4 Å². The molecule has 1 fully saturated rings. The van der Waals surface area contributed by atoms with Crippen LogP contribution in [0.25, 0.3) is 10.8 Å². The Morgan fingerprint density at radius 1 is 0.833 bits per heavy atom. The van der Waals surface area contributed by atoms with Crippen LogP contribution in [0.4, 0.5) is 0 Å². The average molecular weight is 443 g/mol. The molecule has 160 valence electrons. The molecule has 0 heterocycles. The largest absolute Gasteiger partial charge is 0.307 e. The Balaban J connectivity index is 0.00000128. The first-order valence-corrected chi connectivity index (χ1v) is 10.7. The fourth-order valence-corrected chi connectivity index (χ4v) is 5.68. The van der Waals surface area contributed by atoms with E-state index < -0.39 is 0 Å². The van der Waals surface area contributed by atoms with Crippen molar-refractivity contribution >= 4 is 35.6 Å². The second-order valence-corrected chi connectivity index (χ2v) is 8.85. The van der Waals surface area contributed by atoms with Crippen LogP contribution in [0.2, 0.25) is 0 Å². The first kappa shape index (κ1) is 23.1. The van der Waals surface area contributed by atoms with E-state index in [4.69, 9.17) is 0 Å². The maximum atomic E-state index is 4.03. The summed E-state index contributed by atoms with van der Waals surface area (Å²) in [6.45, 7) is 0. The number of nitrogens with one attached hydrogen (secondary N) is 1. The highest BCUT2D eigenvalue weighted by atomic mass is 35.5. The van der Waals surface area contributed by atoms with Crippen molar-refractivity contribution in [1.82, 2.24) is 10.2 Å². The number of benzene rings is 3. The average Bonchev–Trinajstić information content (AvgIpc) is 3.09. The molecule has 0 aliphatic heterocycles. The van der Waals surface area contributed by atoms with Crippen LogP contribution in [0.1, 0.15) is 48.4 Å². The minimum absolute atomic E-state index is 0. The summed E-state index contributed by atoms with van der Waals surface area (Å²) in [7, 11) is 4.49. The summed E-state index contributed by atoms with van der Waals surface area (Å²) >= 11 is 0. The molecule has 4 heteroatoms. The van der Waals surface area contributed by atoms with Crippen LogP contribution < -0.4 is 5.32 Å². The summed E-state index contributed by atoms with van der Waals surface area (Å²) in [6.07, 6.45) is 6.02. The molecule has 1 atom stereocenters. The number of hydrogen-bond acceptors (Lipinski definition) is 2. The topological polar surface area (TPSA) is 15.3 Å². The standard InChI is InChI=1S/C26H30N2.2ClH/c1-28(2)26(21-11-4-3-5-12-21)16-14-22(15-17-26)27-24-18-20-10-6-8-19-9-7-13-23(24)25(19)20;;/h3-13,22,24,27H,14-18H2,1-2H3;2*1H. The van der Waals surface area contributed by atoms with Crippen molar-refractivity contribution in [3.63, 3.8) is 0 Å². The van der Waals surface area contributed by atoms with Gasteiger partial charge in [0.2, 0.25) is 0 Å². The molecule has 1 N–H and O–H groups in total. The maximum Gasteiger partial charge on any atom is 0.0455 e. The van der Waals surface area contributed by atoms with E-state index in [9.17, 15) is 0 Å². The van der Waals surface area contributed by atoms with Gasteiger partial charge in [-0.05, 0) is 73.7 Å². The predicted molar refractivity (Wildman–Crippen MR) is 132 cm³/mol. The minimum atomic E-state index is 0. The quantitative estimate of drug-likeness (QED) is 0.511. The number of nitrogens with zero attached hydrogens (tertiary/aromatic N) is 1. The third kappa shape index (κ3) is 3.87. The van der Waals surface area contributed by atoms with Crippen LogP contribution in [0, 0.1) is 0 Å². The summed E-state index contributed by atoms with van der Waals surface area (Å²) in [4.78, 5) is 2.45. The van der Waals surface area contributed by atoms with Crippen molar-refractivity contribution in [2.45, 2.75) is 49.7 Å². The van der Waals surface area contributed by atoms with Crippen LogP contribution in [0.3, 0.4) is 0 Å². The Morgan fingerprint density at radius 2 is 1.50 bits per heavy atom. The smallest absolute Gasteiger partial charge is 0.0455 e. The highest BCUT2D eigenvalue weighted by Gasteiger charge is 2.39. The molecule has 0 bridgehead atoms. The molecule has 30 heavy (non-hydrogen) atoms. The van der Waals surface area contributed by atoms with E-state index in [1.165, 1.54) is 53.1 Å². The third-order valence-corrected chi connectivity index (χ3v) is 7.24. The fourth-order valence-electron chi connectivity index (χ4n) is 5.68. The zero-order chi connectivity index (χ0) is 19.1. The van der Waals surface area contributed by atoms with Crippen molar-refractivity contribution in [2.24, 2.45) is 0 Å². The normalized spacial score (nSPS) is 25.0. The van der Waals surface area contributed by atoms with Gasteiger partial charge < -0.3 is 5.32 Å². The van der Waals surface area contributed by atoms with Crippen molar-refractivity contribution in [3.05, 3.63) is 83.4 Å². The van der Waals surface area contributed by atoms with Crippen molar-refractivity contribution in [1.29, 1.82) is 0 Å². The van der Waals surface area contributed by atoms with Crippen LogP contribution in [0.5, 0.6) is 0 Å². The Hall–Kier alpha value is -1.58. The molecule has 0 amide bonds. The van der Waals surface area contributed by atoms with E-state index >= 15 is 0 Å². The van der Waals surface area contributed by atoms with Gasteiger partial charge >= 0.3 is 0 Å². The summed E-state index contributed by atoms with van der Waals surface area (Å²) in [5, 5.41) is 6.91. The molecule has 3 aromatic rings. The number of hydrogen-bond donors (Lipinski definition) is 1. The summed E-state index contributed by atoms with van der Waals surface area (Å²) in [6, 6.07) is 25.7. The van der Waals surface area contributed by atoms with Crippen LogP contribution in [-0.2, 0) is 12.0 Å². The SMILES string of the molecule is CN(C)C1(c2ccccc2)CCC(NC2Cc3cccc4cccc2c34)CC1.Cl.Cl. The molecule has 1 unspecified atom stereocenters. The first-order chi connectivity index (χ1) is 13.7. The lowest BCUT2D eigenvalue weighted by atomic mass is 9.74. The molecular weight excluding hydrogens is 411 g/mol. The fraction of sp³-hybridized carbons (Fsp3) is 0.385. The lowest BCUT2D eigenvalue weighted by Gasteiger charge is -2.46. The molecule has 1 saturated carbocycles. The van der Waals surface area contributed by atoms with Gasteiger partial charge in [-0.1, -0.05) is 66.7 Å². The second kappa shape index (κ2) is 9.28. The third-order valence-electron chi connectivity index (χ3n) is 7.24. The van der Waals surface area contributed by atoms with E-state index in [1.807, 2.05) is 0 Å². The first-order valence-electron chi connectivity index (χ1n) is 10.7. The van der Waals surface area contributed by atoms with E-state index in [0.29, 0.717) is 12.1 Å². The van der Waals surface area contributed by atoms with Crippen molar-refractivity contribution in [3.8, 4) is 0 Å². The van der Waals surface area contributed by atoms with Gasteiger partial charge in [0, 0.05) is 17.6 Å². The maximum absolute atomic E-state index is 4.03. The molecule has 0 saturated heterocycles. The lowest BCUT2D eigenvalue weighted by Crippen LogP contribution is -2.48. The van der Waals surface area contributed by atoms with Gasteiger partial charge in [0.05, 0.1) is 0 Å². The molecule has 0 spiro atoms. The molecule has 2 aliphatic carbocycles. The molecule has 5 rings (SSSR count). The van der Waals surface area contributed by atoms with Gasteiger partial charge in [-0.3, -0.25) is 4.90 Å². The van der Waals surface area contributed by atoms with Gasteiger partial charge in [-0.25, -0.2) is 0 Å². The van der Waals surface area contributed by atoms with Crippen molar-refractivity contribution < 1.29 is 0 Å². The molecule has 0 radical (unpaired) electrons.